The number of hydrogen-bond donors (Lipinski definition) is 1. The highest BCUT2D eigenvalue weighted by Crippen LogP contribution is 2.33. The molecule has 1 atom stereocenters. The standard InChI is InChI=1S/C27H40N4O3/c1-27(26(33)28-20-10-6-3-4-7-11-20)19-30-22-14-17-34-24(22)18-23(30)25(32)31(27)16-15-29(2)21-12-8-5-9-13-21/h14,17-18,20-21H,3-13,15-16,19H2,1-2H3,(H,28,33)/t27-/m0/s1. The molecule has 2 saturated carbocycles. The second-order valence-electron chi connectivity index (χ2n) is 11.0. The van der Waals surface area contributed by atoms with Crippen molar-refractivity contribution in [1.29, 1.82) is 0 Å². The van der Waals surface area contributed by atoms with Gasteiger partial charge < -0.3 is 24.1 Å². The summed E-state index contributed by atoms with van der Waals surface area (Å²) < 4.78 is 7.58. The van der Waals surface area contributed by atoms with Crippen molar-refractivity contribution in [1.82, 2.24) is 19.7 Å². The molecule has 0 saturated heterocycles. The van der Waals surface area contributed by atoms with Crippen LogP contribution in [0.3, 0.4) is 0 Å². The van der Waals surface area contributed by atoms with E-state index in [4.69, 9.17) is 4.42 Å². The lowest BCUT2D eigenvalue weighted by Gasteiger charge is -2.45. The second kappa shape index (κ2) is 9.76. The average molecular weight is 469 g/mol. The number of carbonyl (C=O) groups excluding carboxylic acids is 2. The summed E-state index contributed by atoms with van der Waals surface area (Å²) in [6, 6.07) is 4.50. The predicted octanol–water partition coefficient (Wildman–Crippen LogP) is 4.55. The third-order valence-corrected chi connectivity index (χ3v) is 8.60. The van der Waals surface area contributed by atoms with Gasteiger partial charge in [0.2, 0.25) is 5.91 Å². The molecule has 186 valence electrons. The molecule has 0 bridgehead atoms. The Kier molecular flexibility index (Phi) is 6.74. The average Bonchev–Trinajstić information content (AvgIpc) is 3.33. The lowest BCUT2D eigenvalue weighted by atomic mass is 9.93. The molecule has 0 spiro atoms. The first-order chi connectivity index (χ1) is 16.5. The fourth-order valence-corrected chi connectivity index (χ4v) is 6.35. The maximum absolute atomic E-state index is 13.9. The van der Waals surface area contributed by atoms with E-state index in [1.165, 1.54) is 44.9 Å². The van der Waals surface area contributed by atoms with Crippen LogP contribution in [0.15, 0.2) is 22.8 Å². The maximum Gasteiger partial charge on any atom is 0.271 e. The molecule has 2 aromatic heterocycles. The van der Waals surface area contributed by atoms with Gasteiger partial charge in [0.05, 0.1) is 18.3 Å². The zero-order valence-corrected chi connectivity index (χ0v) is 20.9. The summed E-state index contributed by atoms with van der Waals surface area (Å²) in [7, 11) is 2.17. The van der Waals surface area contributed by atoms with E-state index >= 15 is 0 Å². The monoisotopic (exact) mass is 468 g/mol. The van der Waals surface area contributed by atoms with E-state index in [9.17, 15) is 9.59 Å². The number of aromatic nitrogens is 1. The number of likely N-dealkylation sites (N-methyl/N-ethyl adjacent to an activating group) is 1. The highest BCUT2D eigenvalue weighted by molar-refractivity contribution is 6.02. The van der Waals surface area contributed by atoms with E-state index in [1.807, 2.05) is 28.5 Å². The van der Waals surface area contributed by atoms with Crippen molar-refractivity contribution in [3.63, 3.8) is 0 Å². The van der Waals surface area contributed by atoms with Crippen molar-refractivity contribution in [2.45, 2.75) is 102 Å². The van der Waals surface area contributed by atoms with Crippen LogP contribution < -0.4 is 5.32 Å². The summed E-state index contributed by atoms with van der Waals surface area (Å²) in [5.41, 5.74) is 1.27. The molecule has 2 fully saturated rings. The Labute approximate surface area is 202 Å². The minimum Gasteiger partial charge on any atom is -0.463 e. The molecular formula is C27H40N4O3. The first-order valence-corrected chi connectivity index (χ1v) is 13.4. The molecule has 3 aliphatic rings. The fourth-order valence-electron chi connectivity index (χ4n) is 6.35. The minimum absolute atomic E-state index is 0.0240. The van der Waals surface area contributed by atoms with Crippen LogP contribution in [0.5, 0.6) is 0 Å². The normalized spacial score (nSPS) is 25.0. The Bertz CT molecular complexity index is 1010. The summed E-state index contributed by atoms with van der Waals surface area (Å²) in [6.07, 6.45) is 14.9. The van der Waals surface area contributed by atoms with E-state index in [1.54, 1.807) is 6.26 Å². The molecule has 0 unspecified atom stereocenters. The smallest absolute Gasteiger partial charge is 0.271 e. The van der Waals surface area contributed by atoms with Gasteiger partial charge >= 0.3 is 0 Å². The van der Waals surface area contributed by atoms with Crippen molar-refractivity contribution in [2.24, 2.45) is 0 Å². The summed E-state index contributed by atoms with van der Waals surface area (Å²) in [5.74, 6) is -0.0997. The van der Waals surface area contributed by atoms with Crippen LogP contribution in [0.25, 0.3) is 11.1 Å². The number of amides is 2. The second-order valence-corrected chi connectivity index (χ2v) is 11.0. The molecule has 0 aromatic carbocycles. The van der Waals surface area contributed by atoms with Gasteiger partial charge in [0, 0.05) is 37.3 Å². The predicted molar refractivity (Wildman–Crippen MR) is 133 cm³/mol. The van der Waals surface area contributed by atoms with Crippen LogP contribution >= 0.6 is 0 Å². The molecular weight excluding hydrogens is 428 g/mol. The van der Waals surface area contributed by atoms with Crippen LogP contribution in [0.4, 0.5) is 0 Å². The molecule has 2 amide bonds. The van der Waals surface area contributed by atoms with Crippen molar-refractivity contribution in [3.05, 3.63) is 24.1 Å². The quantitative estimate of drug-likeness (QED) is 0.632. The van der Waals surface area contributed by atoms with Gasteiger partial charge in [-0.25, -0.2) is 0 Å². The SMILES string of the molecule is CN(CCN1C(=O)c2cc3occc3n2C[C@@]1(C)C(=O)NC1CCCCCC1)C1CCCCC1. The Morgan fingerprint density at radius 1 is 1.12 bits per heavy atom. The summed E-state index contributed by atoms with van der Waals surface area (Å²) in [5, 5.41) is 3.35. The summed E-state index contributed by atoms with van der Waals surface area (Å²) in [6.45, 7) is 3.72. The summed E-state index contributed by atoms with van der Waals surface area (Å²) >= 11 is 0. The van der Waals surface area contributed by atoms with Crippen molar-refractivity contribution in [3.8, 4) is 0 Å². The first-order valence-electron chi connectivity index (χ1n) is 13.4. The van der Waals surface area contributed by atoms with Crippen molar-refractivity contribution < 1.29 is 14.0 Å². The lowest BCUT2D eigenvalue weighted by Crippen LogP contribution is -2.65. The maximum atomic E-state index is 13.9. The number of furan rings is 1. The zero-order valence-electron chi connectivity index (χ0n) is 20.9. The van der Waals surface area contributed by atoms with E-state index < -0.39 is 5.54 Å². The number of hydrogen-bond acceptors (Lipinski definition) is 4. The minimum atomic E-state index is -0.937. The third kappa shape index (κ3) is 4.39. The third-order valence-electron chi connectivity index (χ3n) is 8.60. The topological polar surface area (TPSA) is 70.7 Å². The number of fused-ring (bicyclic) bond motifs is 3. The Morgan fingerprint density at radius 2 is 1.79 bits per heavy atom. The molecule has 7 nitrogen and oxygen atoms in total. The molecule has 34 heavy (non-hydrogen) atoms. The highest BCUT2D eigenvalue weighted by atomic mass is 16.3. The van der Waals surface area contributed by atoms with E-state index in [2.05, 4.69) is 17.3 Å². The van der Waals surface area contributed by atoms with Gasteiger partial charge in [-0.15, -0.1) is 0 Å². The molecule has 5 rings (SSSR count). The van der Waals surface area contributed by atoms with Crippen LogP contribution in [0.1, 0.15) is 88.0 Å². The van der Waals surface area contributed by atoms with Gasteiger partial charge in [0.15, 0.2) is 5.58 Å². The number of rotatable bonds is 6. The highest BCUT2D eigenvalue weighted by Gasteiger charge is 2.48. The van der Waals surface area contributed by atoms with Crippen LogP contribution in [0, 0.1) is 0 Å². The summed E-state index contributed by atoms with van der Waals surface area (Å²) in [4.78, 5) is 31.9. The van der Waals surface area contributed by atoms with Gasteiger partial charge in [0.25, 0.3) is 5.91 Å². The molecule has 0 radical (unpaired) electrons. The van der Waals surface area contributed by atoms with E-state index in [0.29, 0.717) is 30.4 Å². The van der Waals surface area contributed by atoms with Crippen molar-refractivity contribution >= 4 is 22.9 Å². The van der Waals surface area contributed by atoms with Gasteiger partial charge in [-0.1, -0.05) is 44.9 Å². The number of carbonyl (C=O) groups is 2. The lowest BCUT2D eigenvalue weighted by molar-refractivity contribution is -0.133. The van der Waals surface area contributed by atoms with Gasteiger partial charge in [0.1, 0.15) is 11.2 Å². The Balaban J connectivity index is 1.40. The molecule has 7 heteroatoms. The van der Waals surface area contributed by atoms with Crippen molar-refractivity contribution in [2.75, 3.05) is 20.1 Å². The van der Waals surface area contributed by atoms with Gasteiger partial charge in [-0.05, 0) is 39.7 Å². The van der Waals surface area contributed by atoms with Crippen LogP contribution in [-0.2, 0) is 11.3 Å². The fraction of sp³-hybridized carbons (Fsp3) is 0.704. The van der Waals surface area contributed by atoms with Crippen LogP contribution in [-0.4, -0.2) is 63.9 Å². The number of nitrogens with one attached hydrogen (secondary N) is 1. The van der Waals surface area contributed by atoms with E-state index in [-0.39, 0.29) is 17.9 Å². The Morgan fingerprint density at radius 3 is 2.53 bits per heavy atom. The molecule has 3 heterocycles. The van der Waals surface area contributed by atoms with Crippen LogP contribution in [0.2, 0.25) is 0 Å². The number of nitrogens with zero attached hydrogens (tertiary/aromatic N) is 3. The first kappa shape index (κ1) is 23.5. The molecule has 1 N–H and O–H groups in total. The molecule has 2 aromatic rings. The molecule has 1 aliphatic heterocycles. The molecule has 2 aliphatic carbocycles. The van der Waals surface area contributed by atoms with Gasteiger partial charge in [-0.3, -0.25) is 9.59 Å². The van der Waals surface area contributed by atoms with E-state index in [0.717, 1.165) is 37.7 Å². The largest absolute Gasteiger partial charge is 0.463 e. The van der Waals surface area contributed by atoms with Gasteiger partial charge in [-0.2, -0.15) is 0 Å². The Hall–Kier alpha value is -2.28. The zero-order chi connectivity index (χ0) is 23.7.